The molecule has 4 amide bonds. The maximum atomic E-state index is 12.8. The molecule has 0 atom stereocenters. The number of phenols is 2. The fourth-order valence-corrected chi connectivity index (χ4v) is 2.77. The van der Waals surface area contributed by atoms with Crippen molar-refractivity contribution in [2.24, 2.45) is 0 Å². The van der Waals surface area contributed by atoms with Crippen molar-refractivity contribution < 1.29 is 24.6 Å². The highest BCUT2D eigenvalue weighted by Crippen LogP contribution is 2.28. The molecule has 7 heteroatoms. The topological polar surface area (TPSA) is 107 Å². The number of carbonyl (C=O) groups excluding carboxylic acids is 3. The molecule has 26 heavy (non-hydrogen) atoms. The molecule has 132 valence electrons. The summed E-state index contributed by atoms with van der Waals surface area (Å²) in [6.07, 6.45) is 1.25. The Hall–Kier alpha value is -3.61. The van der Waals surface area contributed by atoms with E-state index in [-0.39, 0.29) is 17.1 Å². The average molecular weight is 352 g/mol. The van der Waals surface area contributed by atoms with E-state index in [1.54, 1.807) is 12.1 Å². The van der Waals surface area contributed by atoms with Gasteiger partial charge in [0, 0.05) is 0 Å². The zero-order valence-electron chi connectivity index (χ0n) is 14.1. The monoisotopic (exact) mass is 352 g/mol. The normalized spacial score (nSPS) is 16.2. The molecule has 2 aromatic carbocycles. The summed E-state index contributed by atoms with van der Waals surface area (Å²) in [5, 5.41) is 21.1. The Labute approximate surface area is 149 Å². The van der Waals surface area contributed by atoms with Crippen molar-refractivity contribution >= 4 is 29.6 Å². The lowest BCUT2D eigenvalue weighted by atomic mass is 10.1. The largest absolute Gasteiger partial charge is 0.504 e. The van der Waals surface area contributed by atoms with Crippen LogP contribution in [0.4, 0.5) is 10.5 Å². The first-order chi connectivity index (χ1) is 12.3. The van der Waals surface area contributed by atoms with E-state index in [1.807, 2.05) is 19.9 Å². The SMILES string of the molecule is Cc1cc(C)cc(N2C(=O)NC(=O)/C(=C\c3ccc(O)c(O)c3)C2=O)c1. The second-order valence-electron chi connectivity index (χ2n) is 6.05. The van der Waals surface area contributed by atoms with E-state index in [0.717, 1.165) is 16.0 Å². The quantitative estimate of drug-likeness (QED) is 0.437. The molecule has 1 aliphatic rings. The van der Waals surface area contributed by atoms with Crippen molar-refractivity contribution in [2.45, 2.75) is 13.8 Å². The van der Waals surface area contributed by atoms with Crippen LogP contribution in [-0.2, 0) is 9.59 Å². The lowest BCUT2D eigenvalue weighted by Crippen LogP contribution is -2.54. The lowest BCUT2D eigenvalue weighted by molar-refractivity contribution is -0.122. The van der Waals surface area contributed by atoms with Gasteiger partial charge in [0.2, 0.25) is 0 Å². The Kier molecular flexibility index (Phi) is 4.21. The van der Waals surface area contributed by atoms with Gasteiger partial charge in [-0.05, 0) is 60.9 Å². The number of nitrogens with one attached hydrogen (secondary N) is 1. The van der Waals surface area contributed by atoms with E-state index in [1.165, 1.54) is 24.3 Å². The molecule has 1 fully saturated rings. The van der Waals surface area contributed by atoms with Crippen LogP contribution in [0, 0.1) is 13.8 Å². The Morgan fingerprint density at radius 2 is 1.58 bits per heavy atom. The molecule has 1 aliphatic heterocycles. The number of aryl methyl sites for hydroxylation is 2. The van der Waals surface area contributed by atoms with Gasteiger partial charge in [-0.3, -0.25) is 14.9 Å². The number of imide groups is 2. The van der Waals surface area contributed by atoms with Crippen LogP contribution >= 0.6 is 0 Å². The molecule has 0 radical (unpaired) electrons. The van der Waals surface area contributed by atoms with Gasteiger partial charge in [-0.15, -0.1) is 0 Å². The molecule has 0 unspecified atom stereocenters. The number of anilines is 1. The molecule has 1 saturated heterocycles. The molecule has 1 heterocycles. The minimum absolute atomic E-state index is 0.256. The Morgan fingerprint density at radius 1 is 0.923 bits per heavy atom. The Morgan fingerprint density at radius 3 is 2.19 bits per heavy atom. The van der Waals surface area contributed by atoms with Gasteiger partial charge in [0.15, 0.2) is 11.5 Å². The Bertz CT molecular complexity index is 958. The standard InChI is InChI=1S/C19H16N2O5/c1-10-5-11(2)7-13(6-10)21-18(25)14(17(24)20-19(21)26)8-12-3-4-15(22)16(23)9-12/h3-9,22-23H,1-2H3,(H,20,24,26)/b14-8+. The van der Waals surface area contributed by atoms with E-state index in [4.69, 9.17) is 0 Å². The zero-order chi connectivity index (χ0) is 19.0. The number of nitrogens with zero attached hydrogens (tertiary/aromatic N) is 1. The van der Waals surface area contributed by atoms with Crippen LogP contribution in [0.15, 0.2) is 42.0 Å². The van der Waals surface area contributed by atoms with Gasteiger partial charge in [0.05, 0.1) is 5.69 Å². The first kappa shape index (κ1) is 17.2. The van der Waals surface area contributed by atoms with E-state index in [2.05, 4.69) is 5.32 Å². The third-order valence-corrected chi connectivity index (χ3v) is 3.88. The maximum absolute atomic E-state index is 12.8. The second-order valence-corrected chi connectivity index (χ2v) is 6.05. The third-order valence-electron chi connectivity index (χ3n) is 3.88. The van der Waals surface area contributed by atoms with Crippen molar-refractivity contribution in [3.63, 3.8) is 0 Å². The second kappa shape index (κ2) is 6.36. The number of aromatic hydroxyl groups is 2. The number of barbiturate groups is 1. The van der Waals surface area contributed by atoms with Crippen molar-refractivity contribution in [1.29, 1.82) is 0 Å². The molecule has 2 aromatic rings. The minimum atomic E-state index is -0.826. The van der Waals surface area contributed by atoms with Gasteiger partial charge in [0.1, 0.15) is 5.57 Å². The predicted octanol–water partition coefficient (Wildman–Crippen LogP) is 2.38. The van der Waals surface area contributed by atoms with Gasteiger partial charge in [-0.2, -0.15) is 0 Å². The molecule has 0 aliphatic carbocycles. The summed E-state index contributed by atoms with van der Waals surface area (Å²) in [5.41, 5.74) is 2.16. The number of urea groups is 1. The first-order valence-corrected chi connectivity index (χ1v) is 7.78. The highest BCUT2D eigenvalue weighted by molar-refractivity contribution is 6.39. The van der Waals surface area contributed by atoms with Crippen molar-refractivity contribution in [2.75, 3.05) is 4.90 Å². The smallest absolute Gasteiger partial charge is 0.335 e. The molecule has 7 nitrogen and oxygen atoms in total. The fourth-order valence-electron chi connectivity index (χ4n) is 2.77. The van der Waals surface area contributed by atoms with Gasteiger partial charge in [-0.25, -0.2) is 9.69 Å². The van der Waals surface area contributed by atoms with Crippen LogP contribution < -0.4 is 10.2 Å². The number of benzene rings is 2. The summed E-state index contributed by atoms with van der Waals surface area (Å²) in [7, 11) is 0. The van der Waals surface area contributed by atoms with E-state index in [0.29, 0.717) is 11.3 Å². The van der Waals surface area contributed by atoms with E-state index in [9.17, 15) is 24.6 Å². The molecule has 0 aromatic heterocycles. The molecule has 0 bridgehead atoms. The number of phenolic OH excluding ortho intramolecular Hbond substituents is 2. The predicted molar refractivity (Wildman–Crippen MR) is 94.7 cm³/mol. The van der Waals surface area contributed by atoms with Gasteiger partial charge < -0.3 is 10.2 Å². The third kappa shape index (κ3) is 3.14. The number of amides is 4. The fraction of sp³-hybridized carbons (Fsp3) is 0.105. The summed E-state index contributed by atoms with van der Waals surface area (Å²) in [4.78, 5) is 38.0. The van der Waals surface area contributed by atoms with Crippen LogP contribution in [0.5, 0.6) is 11.5 Å². The van der Waals surface area contributed by atoms with Crippen LogP contribution in [0.2, 0.25) is 0 Å². The average Bonchev–Trinajstić information content (AvgIpc) is 2.53. The van der Waals surface area contributed by atoms with Crippen LogP contribution in [-0.4, -0.2) is 28.1 Å². The molecule has 0 spiro atoms. The number of carbonyl (C=O) groups is 3. The zero-order valence-corrected chi connectivity index (χ0v) is 14.1. The van der Waals surface area contributed by atoms with Crippen molar-refractivity contribution in [1.82, 2.24) is 5.32 Å². The van der Waals surface area contributed by atoms with Crippen LogP contribution in [0.1, 0.15) is 16.7 Å². The van der Waals surface area contributed by atoms with E-state index >= 15 is 0 Å². The highest BCUT2D eigenvalue weighted by atomic mass is 16.3. The summed E-state index contributed by atoms with van der Waals surface area (Å²) in [6, 6.07) is 8.29. The molecular formula is C19H16N2O5. The minimum Gasteiger partial charge on any atom is -0.504 e. The molecule has 3 N–H and O–H groups in total. The maximum Gasteiger partial charge on any atom is 0.335 e. The van der Waals surface area contributed by atoms with Crippen molar-refractivity contribution in [3.8, 4) is 11.5 Å². The Balaban J connectivity index is 2.05. The summed E-state index contributed by atoms with van der Waals surface area (Å²) in [5.74, 6) is -2.30. The van der Waals surface area contributed by atoms with E-state index < -0.39 is 17.8 Å². The summed E-state index contributed by atoms with van der Waals surface area (Å²) >= 11 is 0. The molecule has 3 rings (SSSR count). The van der Waals surface area contributed by atoms with Crippen molar-refractivity contribution in [3.05, 3.63) is 58.7 Å². The summed E-state index contributed by atoms with van der Waals surface area (Å²) in [6.45, 7) is 3.67. The molecule has 0 saturated carbocycles. The number of hydrogen-bond acceptors (Lipinski definition) is 5. The lowest BCUT2D eigenvalue weighted by Gasteiger charge is -2.27. The van der Waals surface area contributed by atoms with Crippen LogP contribution in [0.3, 0.4) is 0 Å². The van der Waals surface area contributed by atoms with Gasteiger partial charge in [0.25, 0.3) is 11.8 Å². The van der Waals surface area contributed by atoms with Gasteiger partial charge in [-0.1, -0.05) is 12.1 Å². The number of hydrogen-bond donors (Lipinski definition) is 3. The number of rotatable bonds is 2. The first-order valence-electron chi connectivity index (χ1n) is 7.78. The summed E-state index contributed by atoms with van der Waals surface area (Å²) < 4.78 is 0. The van der Waals surface area contributed by atoms with Crippen LogP contribution in [0.25, 0.3) is 6.08 Å². The van der Waals surface area contributed by atoms with Gasteiger partial charge >= 0.3 is 6.03 Å². The molecular weight excluding hydrogens is 336 g/mol. The highest BCUT2D eigenvalue weighted by Gasteiger charge is 2.36.